The lowest BCUT2D eigenvalue weighted by Crippen LogP contribution is -2.57. The smallest absolute Gasteiger partial charge is 0.329 e. The highest BCUT2D eigenvalue weighted by Gasteiger charge is 2.47. The summed E-state index contributed by atoms with van der Waals surface area (Å²) < 4.78 is 21.2. The maximum Gasteiger partial charge on any atom is 0.329 e. The Kier molecular flexibility index (Phi) is 7.95. The molecule has 11 nitrogen and oxygen atoms in total. The molecule has 3 aromatic carbocycles. The van der Waals surface area contributed by atoms with Gasteiger partial charge in [-0.3, -0.25) is 28.6 Å². The first-order chi connectivity index (χ1) is 26.7. The number of carbonyl (C=O) groups is 2. The predicted octanol–water partition coefficient (Wildman–Crippen LogP) is 5.67. The van der Waals surface area contributed by atoms with E-state index >= 15 is 0 Å². The largest absolute Gasteiger partial charge is 0.371 e. The summed E-state index contributed by atoms with van der Waals surface area (Å²) in [4.78, 5) is 47.2. The lowest BCUT2D eigenvalue weighted by atomic mass is 9.79. The van der Waals surface area contributed by atoms with Gasteiger partial charge in [0.05, 0.1) is 22.4 Å². The minimum absolute atomic E-state index is 0.232. The molecule has 0 radical (unpaired) electrons. The van der Waals surface area contributed by atoms with Gasteiger partial charge in [0, 0.05) is 81.4 Å². The Morgan fingerprint density at radius 3 is 2.62 bits per heavy atom. The molecular formula is C43H43FN8O3. The Bertz CT molecular complexity index is 2550. The van der Waals surface area contributed by atoms with Gasteiger partial charge >= 0.3 is 5.69 Å². The molecule has 55 heavy (non-hydrogen) atoms. The molecule has 10 rings (SSSR count). The number of imide groups is 1. The summed E-state index contributed by atoms with van der Waals surface area (Å²) in [6.07, 6.45) is 10.9. The van der Waals surface area contributed by atoms with E-state index in [9.17, 15) is 18.8 Å². The number of hydrogen-bond donors (Lipinski definition) is 1. The van der Waals surface area contributed by atoms with Crippen LogP contribution in [-0.2, 0) is 29.6 Å². The lowest BCUT2D eigenvalue weighted by molar-refractivity contribution is -0.135. The molecule has 2 amide bonds. The van der Waals surface area contributed by atoms with E-state index in [1.807, 2.05) is 30.6 Å². The van der Waals surface area contributed by atoms with Crippen LogP contribution in [0, 0.1) is 11.2 Å². The number of nitrogens with zero attached hydrogens (tertiary/aromatic N) is 7. The predicted molar refractivity (Wildman–Crippen MR) is 209 cm³/mol. The van der Waals surface area contributed by atoms with Gasteiger partial charge in [-0.1, -0.05) is 18.2 Å². The Hall–Kier alpha value is -5.75. The minimum Gasteiger partial charge on any atom is -0.371 e. The zero-order valence-corrected chi connectivity index (χ0v) is 30.9. The quantitative estimate of drug-likeness (QED) is 0.159. The molecule has 12 heteroatoms. The molecule has 3 fully saturated rings. The van der Waals surface area contributed by atoms with Crippen LogP contribution in [-0.4, -0.2) is 72.7 Å². The second kappa shape index (κ2) is 12.9. The van der Waals surface area contributed by atoms with Crippen LogP contribution in [0.25, 0.3) is 39.4 Å². The van der Waals surface area contributed by atoms with Crippen molar-refractivity contribution < 1.29 is 14.0 Å². The van der Waals surface area contributed by atoms with Gasteiger partial charge in [0.15, 0.2) is 5.82 Å². The van der Waals surface area contributed by atoms with Crippen LogP contribution >= 0.6 is 0 Å². The van der Waals surface area contributed by atoms with Crippen LogP contribution in [0.5, 0.6) is 0 Å². The van der Waals surface area contributed by atoms with Gasteiger partial charge in [0.25, 0.3) is 0 Å². The number of nitrogens with one attached hydrogen (secondary N) is 1. The van der Waals surface area contributed by atoms with Crippen molar-refractivity contribution in [1.82, 2.24) is 33.5 Å². The number of halogens is 1. The number of aromatic nitrogens is 5. The van der Waals surface area contributed by atoms with E-state index in [4.69, 9.17) is 4.98 Å². The molecule has 0 saturated carbocycles. The first-order valence-corrected chi connectivity index (χ1v) is 19.4. The van der Waals surface area contributed by atoms with Crippen molar-refractivity contribution >= 4 is 28.5 Å². The molecule has 1 atom stereocenters. The number of hydrogen-bond acceptors (Lipinski definition) is 6. The molecule has 0 aliphatic carbocycles. The molecule has 6 aromatic rings. The number of fused-ring (bicyclic) bond motifs is 6. The van der Waals surface area contributed by atoms with Gasteiger partial charge in [-0.05, 0) is 104 Å². The molecule has 0 bridgehead atoms. The van der Waals surface area contributed by atoms with Crippen molar-refractivity contribution in [3.05, 3.63) is 113 Å². The van der Waals surface area contributed by atoms with E-state index in [1.54, 1.807) is 16.2 Å². The van der Waals surface area contributed by atoms with E-state index in [0.29, 0.717) is 11.8 Å². The van der Waals surface area contributed by atoms with Crippen molar-refractivity contribution in [2.45, 2.75) is 51.1 Å². The number of piperidine rings is 1. The number of aryl methyl sites for hydroxylation is 2. The topological polar surface area (TPSA) is 102 Å². The number of anilines is 1. The fraction of sp³-hybridized carbons (Fsp3) is 0.349. The maximum absolute atomic E-state index is 13.6. The van der Waals surface area contributed by atoms with Crippen molar-refractivity contribution in [3.8, 4) is 28.3 Å². The van der Waals surface area contributed by atoms with Crippen LogP contribution < -0.4 is 15.9 Å². The summed E-state index contributed by atoms with van der Waals surface area (Å²) in [5.74, 6) is -0.0265. The number of imidazole rings is 2. The van der Waals surface area contributed by atoms with Gasteiger partial charge in [-0.2, -0.15) is 0 Å². The van der Waals surface area contributed by atoms with Gasteiger partial charge in [-0.15, -0.1) is 0 Å². The van der Waals surface area contributed by atoms with Gasteiger partial charge < -0.3 is 14.4 Å². The molecule has 4 aliphatic heterocycles. The fourth-order valence-electron chi connectivity index (χ4n) is 9.56. The summed E-state index contributed by atoms with van der Waals surface area (Å²) in [5, 5.41) is 2.38. The number of unbranched alkanes of at least 4 members (excludes halogenated alkanes) is 1. The normalized spacial score (nSPS) is 18.9. The average molecular weight is 739 g/mol. The third kappa shape index (κ3) is 5.81. The van der Waals surface area contributed by atoms with E-state index in [2.05, 4.69) is 66.8 Å². The summed E-state index contributed by atoms with van der Waals surface area (Å²) in [6.45, 7) is 6.21. The third-order valence-electron chi connectivity index (χ3n) is 12.4. The standard InChI is InChI=1S/C43H43FN8O3/c1-47-37-20-28(5-11-35(37)52(42(47)55)36-13-14-39(53)46-41(36)54)4-2-3-17-48-25-43(26-48)15-18-49(27-43)33-10-12-34-31(21-33)24-50-23-30(29-6-8-32(44)9-7-29)22-38(50)40-45-16-19-51(34)40/h5-12,16,19-23,36H,2-4,13-15,17-18,24-27H2,1H3,(H,46,53,54). The minimum atomic E-state index is -0.668. The first kappa shape index (κ1) is 33.8. The van der Waals surface area contributed by atoms with E-state index in [1.165, 1.54) is 35.4 Å². The molecule has 280 valence electrons. The van der Waals surface area contributed by atoms with Crippen LogP contribution in [0.2, 0.25) is 0 Å². The van der Waals surface area contributed by atoms with Crippen LogP contribution in [0.4, 0.5) is 10.1 Å². The highest BCUT2D eigenvalue weighted by Crippen LogP contribution is 2.42. The Morgan fingerprint density at radius 1 is 0.927 bits per heavy atom. The molecule has 3 saturated heterocycles. The number of rotatable bonds is 8. The second-order valence-electron chi connectivity index (χ2n) is 16.0. The molecule has 1 N–H and O–H groups in total. The zero-order chi connectivity index (χ0) is 37.4. The van der Waals surface area contributed by atoms with Crippen molar-refractivity contribution in [3.63, 3.8) is 0 Å². The maximum atomic E-state index is 13.6. The van der Waals surface area contributed by atoms with Crippen molar-refractivity contribution in [1.29, 1.82) is 0 Å². The summed E-state index contributed by atoms with van der Waals surface area (Å²) >= 11 is 0. The highest BCUT2D eigenvalue weighted by molar-refractivity contribution is 6.00. The Labute approximate surface area is 317 Å². The molecule has 1 spiro atoms. The average Bonchev–Trinajstić information content (AvgIpc) is 3.96. The molecule has 1 unspecified atom stereocenters. The van der Waals surface area contributed by atoms with E-state index < -0.39 is 11.9 Å². The van der Waals surface area contributed by atoms with Crippen molar-refractivity contribution in [2.24, 2.45) is 12.5 Å². The van der Waals surface area contributed by atoms with E-state index in [0.717, 1.165) is 97.9 Å². The number of carbonyl (C=O) groups excluding carboxylic acids is 2. The number of amides is 2. The zero-order valence-electron chi connectivity index (χ0n) is 30.9. The molecule has 3 aromatic heterocycles. The SMILES string of the molecule is Cn1c(=O)n(C2CCC(=O)NC2=O)c2ccc(CCCCN3CC4(CCN(c5ccc6c(c5)Cn5cc(-c7ccc(F)cc7)cc5-c5nccn5-6)C4)C3)cc21. The molecular weight excluding hydrogens is 696 g/mol. The van der Waals surface area contributed by atoms with Crippen LogP contribution in [0.1, 0.15) is 49.3 Å². The summed E-state index contributed by atoms with van der Waals surface area (Å²) in [6, 6.07) is 21.1. The van der Waals surface area contributed by atoms with E-state index in [-0.39, 0.29) is 23.8 Å². The first-order valence-electron chi connectivity index (χ1n) is 19.4. The summed E-state index contributed by atoms with van der Waals surface area (Å²) in [5.41, 5.74) is 9.59. The third-order valence-corrected chi connectivity index (χ3v) is 12.4. The van der Waals surface area contributed by atoms with Crippen LogP contribution in [0.3, 0.4) is 0 Å². The monoisotopic (exact) mass is 738 g/mol. The Balaban J connectivity index is 0.758. The second-order valence-corrected chi connectivity index (χ2v) is 16.0. The fourth-order valence-corrected chi connectivity index (χ4v) is 9.56. The number of benzene rings is 3. The van der Waals surface area contributed by atoms with Gasteiger partial charge in [0.2, 0.25) is 11.8 Å². The summed E-state index contributed by atoms with van der Waals surface area (Å²) in [7, 11) is 1.74. The molecule has 4 aliphatic rings. The van der Waals surface area contributed by atoms with Crippen molar-refractivity contribution in [2.75, 3.05) is 37.6 Å². The van der Waals surface area contributed by atoms with Gasteiger partial charge in [-0.25, -0.2) is 14.2 Å². The van der Waals surface area contributed by atoms with Crippen LogP contribution in [0.15, 0.2) is 90.1 Å². The number of likely N-dealkylation sites (tertiary alicyclic amines) is 1. The highest BCUT2D eigenvalue weighted by atomic mass is 19.1. The molecule has 7 heterocycles. The lowest BCUT2D eigenvalue weighted by Gasteiger charge is -2.48. The Morgan fingerprint density at radius 2 is 1.78 bits per heavy atom. The van der Waals surface area contributed by atoms with Gasteiger partial charge in [0.1, 0.15) is 11.9 Å².